The van der Waals surface area contributed by atoms with E-state index < -0.39 is 12.2 Å². The number of amides is 2. The van der Waals surface area contributed by atoms with Crippen LogP contribution >= 0.6 is 0 Å². The summed E-state index contributed by atoms with van der Waals surface area (Å²) in [6.45, 7) is 0. The first-order valence-electron chi connectivity index (χ1n) is 10.2. The van der Waals surface area contributed by atoms with E-state index in [9.17, 15) is 9.59 Å². The third kappa shape index (κ3) is 5.08. The van der Waals surface area contributed by atoms with Crippen LogP contribution in [-0.4, -0.2) is 24.4 Å². The number of anilines is 2. The number of para-hydroxylation sites is 2. The highest BCUT2D eigenvalue weighted by Gasteiger charge is 2.41. The Balaban J connectivity index is 1.25. The SMILES string of the molecule is O=C(Nc1ccccc1)O[C@H]1CC[C@@H]2C[C@H]1CC[C@H]2OC(=O)Nc1ccccc1. The van der Waals surface area contributed by atoms with Crippen molar-refractivity contribution in [2.45, 2.75) is 44.3 Å². The van der Waals surface area contributed by atoms with Gasteiger partial charge in [-0.3, -0.25) is 10.6 Å². The molecule has 0 spiro atoms. The standard InChI is InChI=1S/C23H26N2O4/c26-22(24-18-7-3-1-4-8-18)28-20-13-11-17-15-16(20)12-14-21(17)29-23(27)25-19-9-5-2-6-10-19/h1-10,16-17,20-21H,11-15H2,(H,24,26)(H,25,27)/t16-,17-,20-,21+/m1/s1. The van der Waals surface area contributed by atoms with Crippen LogP contribution in [0.2, 0.25) is 0 Å². The second-order valence-corrected chi connectivity index (χ2v) is 7.78. The van der Waals surface area contributed by atoms with Crippen LogP contribution in [0.1, 0.15) is 32.1 Å². The highest BCUT2D eigenvalue weighted by molar-refractivity contribution is 5.85. The molecule has 6 nitrogen and oxygen atoms in total. The average Bonchev–Trinajstić information content (AvgIpc) is 2.73. The molecule has 29 heavy (non-hydrogen) atoms. The average molecular weight is 394 g/mol. The minimum Gasteiger partial charge on any atom is -0.446 e. The number of carbonyl (C=O) groups excluding carboxylic acids is 2. The maximum atomic E-state index is 12.2. The molecule has 0 saturated heterocycles. The zero-order valence-electron chi connectivity index (χ0n) is 16.3. The van der Waals surface area contributed by atoms with Crippen LogP contribution in [0, 0.1) is 11.8 Å². The number of fused-ring (bicyclic) bond motifs is 2. The molecule has 2 N–H and O–H groups in total. The maximum absolute atomic E-state index is 12.2. The quantitative estimate of drug-likeness (QED) is 0.725. The van der Waals surface area contributed by atoms with E-state index in [1.165, 1.54) is 0 Å². The lowest BCUT2D eigenvalue weighted by Crippen LogP contribution is -2.43. The van der Waals surface area contributed by atoms with E-state index in [4.69, 9.17) is 9.47 Å². The molecule has 2 aromatic rings. The molecule has 0 aromatic heterocycles. The van der Waals surface area contributed by atoms with E-state index in [1.54, 1.807) is 0 Å². The lowest BCUT2D eigenvalue weighted by molar-refractivity contribution is -0.0444. The van der Waals surface area contributed by atoms with Gasteiger partial charge in [0.05, 0.1) is 0 Å². The third-order valence-electron chi connectivity index (χ3n) is 5.86. The number of benzene rings is 2. The fourth-order valence-corrected chi connectivity index (χ4v) is 4.45. The molecule has 2 fully saturated rings. The Labute approximate surface area is 170 Å². The molecular formula is C23H26N2O4. The van der Waals surface area contributed by atoms with E-state index in [0.29, 0.717) is 11.8 Å². The number of rotatable bonds is 4. The number of carbonyl (C=O) groups is 2. The predicted octanol–water partition coefficient (Wildman–Crippen LogP) is 5.43. The van der Waals surface area contributed by atoms with Crippen LogP contribution < -0.4 is 10.6 Å². The molecule has 2 bridgehead atoms. The predicted molar refractivity (Wildman–Crippen MR) is 111 cm³/mol. The van der Waals surface area contributed by atoms with Crippen LogP contribution in [0.3, 0.4) is 0 Å². The van der Waals surface area contributed by atoms with Crippen molar-refractivity contribution >= 4 is 23.6 Å². The molecule has 152 valence electrons. The number of hydrogen-bond donors (Lipinski definition) is 2. The fourth-order valence-electron chi connectivity index (χ4n) is 4.45. The molecule has 2 saturated carbocycles. The summed E-state index contributed by atoms with van der Waals surface area (Å²) < 4.78 is 11.4. The zero-order valence-corrected chi connectivity index (χ0v) is 16.3. The van der Waals surface area contributed by atoms with Gasteiger partial charge in [0.1, 0.15) is 12.2 Å². The molecule has 2 aromatic carbocycles. The smallest absolute Gasteiger partial charge is 0.411 e. The molecule has 2 amide bonds. The molecular weight excluding hydrogens is 368 g/mol. The number of ether oxygens (including phenoxy) is 2. The van der Waals surface area contributed by atoms with Gasteiger partial charge in [0.25, 0.3) is 0 Å². The Kier molecular flexibility index (Phi) is 5.98. The van der Waals surface area contributed by atoms with Gasteiger partial charge < -0.3 is 9.47 Å². The van der Waals surface area contributed by atoms with Crippen molar-refractivity contribution in [3.63, 3.8) is 0 Å². The Morgan fingerprint density at radius 1 is 0.655 bits per heavy atom. The minimum absolute atomic E-state index is 0.0749. The molecule has 4 atom stereocenters. The molecule has 2 aliphatic carbocycles. The van der Waals surface area contributed by atoms with Crippen molar-refractivity contribution in [1.82, 2.24) is 0 Å². The lowest BCUT2D eigenvalue weighted by atomic mass is 9.69. The monoisotopic (exact) mass is 394 g/mol. The van der Waals surface area contributed by atoms with Crippen LogP contribution in [-0.2, 0) is 9.47 Å². The second kappa shape index (κ2) is 8.99. The van der Waals surface area contributed by atoms with Crippen LogP contribution in [0.5, 0.6) is 0 Å². The van der Waals surface area contributed by atoms with Crippen molar-refractivity contribution in [3.05, 3.63) is 60.7 Å². The third-order valence-corrected chi connectivity index (χ3v) is 5.86. The first kappa shape index (κ1) is 19.3. The molecule has 4 rings (SSSR count). The van der Waals surface area contributed by atoms with E-state index in [0.717, 1.165) is 43.5 Å². The van der Waals surface area contributed by atoms with Gasteiger partial charge in [-0.05, 0) is 68.2 Å². The highest BCUT2D eigenvalue weighted by atomic mass is 16.6. The minimum atomic E-state index is -0.403. The van der Waals surface area contributed by atoms with Gasteiger partial charge >= 0.3 is 12.2 Å². The molecule has 0 aliphatic heterocycles. The summed E-state index contributed by atoms with van der Waals surface area (Å²) in [6.07, 6.45) is 3.36. The molecule has 0 unspecified atom stereocenters. The van der Waals surface area contributed by atoms with Gasteiger partial charge in [0.15, 0.2) is 0 Å². The Morgan fingerprint density at radius 2 is 1.07 bits per heavy atom. The van der Waals surface area contributed by atoms with Gasteiger partial charge in [0.2, 0.25) is 0 Å². The Bertz CT molecular complexity index is 758. The summed E-state index contributed by atoms with van der Waals surface area (Å²) in [4.78, 5) is 24.4. The van der Waals surface area contributed by atoms with Gasteiger partial charge in [-0.25, -0.2) is 9.59 Å². The number of nitrogens with one attached hydrogen (secondary N) is 2. The zero-order chi connectivity index (χ0) is 20.1. The first-order chi connectivity index (χ1) is 14.2. The summed E-state index contributed by atoms with van der Waals surface area (Å²) in [5, 5.41) is 5.56. The van der Waals surface area contributed by atoms with E-state index in [-0.39, 0.29) is 12.2 Å². The van der Waals surface area contributed by atoms with Crippen molar-refractivity contribution in [1.29, 1.82) is 0 Å². The van der Waals surface area contributed by atoms with Gasteiger partial charge in [-0.2, -0.15) is 0 Å². The van der Waals surface area contributed by atoms with Crippen molar-refractivity contribution in [3.8, 4) is 0 Å². The van der Waals surface area contributed by atoms with Gasteiger partial charge in [-0.15, -0.1) is 0 Å². The fraction of sp³-hybridized carbons (Fsp3) is 0.391. The van der Waals surface area contributed by atoms with E-state index in [2.05, 4.69) is 10.6 Å². The van der Waals surface area contributed by atoms with Gasteiger partial charge in [0, 0.05) is 11.4 Å². The topological polar surface area (TPSA) is 76.7 Å². The molecule has 0 heterocycles. The van der Waals surface area contributed by atoms with E-state index >= 15 is 0 Å². The van der Waals surface area contributed by atoms with Crippen LogP contribution in [0.15, 0.2) is 60.7 Å². The summed E-state index contributed by atoms with van der Waals surface area (Å²) in [7, 11) is 0. The summed E-state index contributed by atoms with van der Waals surface area (Å²) >= 11 is 0. The van der Waals surface area contributed by atoms with E-state index in [1.807, 2.05) is 60.7 Å². The van der Waals surface area contributed by atoms with Crippen LogP contribution in [0.25, 0.3) is 0 Å². The summed E-state index contributed by atoms with van der Waals surface area (Å²) in [5.41, 5.74) is 1.46. The summed E-state index contributed by atoms with van der Waals surface area (Å²) in [6, 6.07) is 18.6. The molecule has 0 radical (unpaired) electrons. The molecule has 2 aliphatic rings. The normalized spacial score (nSPS) is 25.5. The van der Waals surface area contributed by atoms with Crippen molar-refractivity contribution < 1.29 is 19.1 Å². The molecule has 6 heteroatoms. The highest BCUT2D eigenvalue weighted by Crippen LogP contribution is 2.42. The Morgan fingerprint density at radius 3 is 1.48 bits per heavy atom. The lowest BCUT2D eigenvalue weighted by Gasteiger charge is -2.43. The maximum Gasteiger partial charge on any atom is 0.411 e. The Hall–Kier alpha value is -3.02. The first-order valence-corrected chi connectivity index (χ1v) is 10.2. The second-order valence-electron chi connectivity index (χ2n) is 7.78. The van der Waals surface area contributed by atoms with Gasteiger partial charge in [-0.1, -0.05) is 36.4 Å². The summed E-state index contributed by atoms with van der Waals surface area (Å²) in [5.74, 6) is 0.652. The largest absolute Gasteiger partial charge is 0.446 e. The van der Waals surface area contributed by atoms with Crippen LogP contribution in [0.4, 0.5) is 21.0 Å². The number of hydrogen-bond acceptors (Lipinski definition) is 4. The van der Waals surface area contributed by atoms with Crippen molar-refractivity contribution in [2.75, 3.05) is 10.6 Å². The van der Waals surface area contributed by atoms with Crippen molar-refractivity contribution in [2.24, 2.45) is 11.8 Å².